The van der Waals surface area contributed by atoms with E-state index in [2.05, 4.69) is 11.9 Å². The van der Waals surface area contributed by atoms with Crippen molar-refractivity contribution in [2.75, 3.05) is 0 Å². The fourth-order valence-corrected chi connectivity index (χ4v) is 1.34. The normalized spacial score (nSPS) is 8.79. The molecule has 0 rings (SSSR count). The van der Waals surface area contributed by atoms with Crippen LogP contribution in [-0.2, 0) is 9.59 Å². The number of hydrogen-bond donors (Lipinski definition) is 2. The average Bonchev–Trinajstić information content (AvgIpc) is 2.29. The minimum absolute atomic E-state index is 0. The fourth-order valence-electron chi connectivity index (χ4n) is 0.988. The first-order valence-electron chi connectivity index (χ1n) is 6.12. The number of carbonyl (C=O) groups excluding carboxylic acids is 1. The van der Waals surface area contributed by atoms with Gasteiger partial charge in [-0.05, 0) is 39.0 Å². The predicted octanol–water partition coefficient (Wildman–Crippen LogP) is 3.61. The highest BCUT2D eigenvalue weighted by Crippen LogP contribution is 2.13. The van der Waals surface area contributed by atoms with E-state index in [-0.39, 0.29) is 30.3 Å². The molecule has 0 heterocycles. The summed E-state index contributed by atoms with van der Waals surface area (Å²) in [7, 11) is 0. The summed E-state index contributed by atoms with van der Waals surface area (Å²) in [5.74, 6) is 0.0457. The van der Waals surface area contributed by atoms with Gasteiger partial charge in [-0.2, -0.15) is 0 Å². The molecule has 0 spiro atoms. The van der Waals surface area contributed by atoms with Crippen molar-refractivity contribution in [1.29, 1.82) is 0 Å². The Balaban J connectivity index is -0.000000164. The number of halogens is 2. The maximum atomic E-state index is 11.6. The van der Waals surface area contributed by atoms with Crippen molar-refractivity contribution in [3.05, 3.63) is 0 Å². The summed E-state index contributed by atoms with van der Waals surface area (Å²) in [6, 6.07) is 0. The molecule has 0 radical (unpaired) electrons. The maximum absolute atomic E-state index is 11.6. The Labute approximate surface area is 128 Å². The molecule has 0 aromatic carbocycles. The van der Waals surface area contributed by atoms with E-state index in [1.54, 1.807) is 0 Å². The first-order valence-corrected chi connectivity index (χ1v) is 6.50. The minimum atomic E-state index is -0.271. The maximum Gasteiger partial charge on any atom is 0.290 e. The summed E-state index contributed by atoms with van der Waals surface area (Å²) in [5.41, 5.74) is -0.271. The van der Waals surface area contributed by atoms with Gasteiger partial charge in [0.1, 0.15) is 0 Å². The van der Waals surface area contributed by atoms with Gasteiger partial charge in [0.15, 0.2) is 0 Å². The Hall–Kier alpha value is -0.520. The third kappa shape index (κ3) is 17.5. The molecule has 1 amide bonds. The van der Waals surface area contributed by atoms with Crippen molar-refractivity contribution in [2.45, 2.75) is 66.3 Å². The highest BCUT2D eigenvalue weighted by atomic mass is 35.5. The molecule has 0 atom stereocenters. The first-order chi connectivity index (χ1) is 8.34. The van der Waals surface area contributed by atoms with Gasteiger partial charge in [0.25, 0.3) is 6.47 Å². The second-order valence-electron chi connectivity index (χ2n) is 4.19. The summed E-state index contributed by atoms with van der Waals surface area (Å²) < 4.78 is 0. The molecule has 0 saturated carbocycles. The van der Waals surface area contributed by atoms with E-state index >= 15 is 0 Å². The van der Waals surface area contributed by atoms with Crippen LogP contribution in [0.2, 0.25) is 0 Å². The zero-order chi connectivity index (χ0) is 15.2. The number of rotatable bonds is 4. The minimum Gasteiger partial charge on any atom is -0.483 e. The summed E-state index contributed by atoms with van der Waals surface area (Å²) >= 11 is 5.48. The number of hydrogen-bond acceptors (Lipinski definition) is 3. The van der Waals surface area contributed by atoms with Gasteiger partial charge in [-0.1, -0.05) is 27.2 Å². The Kier molecular flexibility index (Phi) is 24.8. The Morgan fingerprint density at radius 1 is 1.37 bits per heavy atom. The standard InChI is InChI=1S/C9H19ClN2O.C2H6.CH2O2.ClH/c1-5-6-7-8(13)12(11-10)9(2,3)4;1-2;2-1-3;/h11H,5-7H2,1-4H3;1-2H3;1H,(H,2,3);1H. The van der Waals surface area contributed by atoms with Gasteiger partial charge < -0.3 is 5.11 Å². The quantitative estimate of drug-likeness (QED) is 0.472. The van der Waals surface area contributed by atoms with E-state index in [9.17, 15) is 4.79 Å². The van der Waals surface area contributed by atoms with Crippen molar-refractivity contribution < 1.29 is 14.7 Å². The van der Waals surface area contributed by atoms with E-state index in [4.69, 9.17) is 21.7 Å². The third-order valence-corrected chi connectivity index (χ3v) is 1.92. The van der Waals surface area contributed by atoms with Crippen LogP contribution in [0.4, 0.5) is 0 Å². The van der Waals surface area contributed by atoms with Crippen LogP contribution in [0.1, 0.15) is 60.8 Å². The molecule has 0 bridgehead atoms. The SMILES string of the molecule is CC.CCCCC(=O)N(NCl)C(C)(C)C.Cl.O=CO. The number of amides is 1. The zero-order valence-corrected chi connectivity index (χ0v) is 14.3. The molecule has 7 heteroatoms. The molecule has 0 aromatic heterocycles. The van der Waals surface area contributed by atoms with Crippen molar-refractivity contribution in [1.82, 2.24) is 9.95 Å². The second kappa shape index (κ2) is 17.5. The van der Waals surface area contributed by atoms with Crippen molar-refractivity contribution in [3.8, 4) is 0 Å². The number of nitrogens with one attached hydrogen (secondary N) is 1. The van der Waals surface area contributed by atoms with Crippen LogP contribution in [0.25, 0.3) is 0 Å². The topological polar surface area (TPSA) is 69.6 Å². The van der Waals surface area contributed by atoms with Crippen LogP contribution < -0.4 is 4.94 Å². The highest BCUT2D eigenvalue weighted by Gasteiger charge is 2.25. The van der Waals surface area contributed by atoms with Gasteiger partial charge in [-0.15, -0.1) is 17.4 Å². The highest BCUT2D eigenvalue weighted by molar-refractivity contribution is 6.13. The molecule has 2 N–H and O–H groups in total. The summed E-state index contributed by atoms with van der Waals surface area (Å²) in [5, 5.41) is 8.35. The van der Waals surface area contributed by atoms with E-state index in [0.29, 0.717) is 6.42 Å². The van der Waals surface area contributed by atoms with Crippen molar-refractivity contribution in [2.24, 2.45) is 0 Å². The lowest BCUT2D eigenvalue weighted by molar-refractivity contribution is -0.138. The Bertz CT molecular complexity index is 210. The van der Waals surface area contributed by atoms with E-state index in [1.807, 2.05) is 34.6 Å². The number of carbonyl (C=O) groups is 2. The van der Waals surface area contributed by atoms with Crippen molar-refractivity contribution >= 4 is 36.6 Å². The molecule has 5 nitrogen and oxygen atoms in total. The summed E-state index contributed by atoms with van der Waals surface area (Å²) in [6.45, 7) is 11.6. The summed E-state index contributed by atoms with van der Waals surface area (Å²) in [6.07, 6.45) is 2.48. The van der Waals surface area contributed by atoms with Gasteiger partial charge in [-0.3, -0.25) is 14.6 Å². The Morgan fingerprint density at radius 2 is 1.74 bits per heavy atom. The number of unbranched alkanes of at least 4 members (excludes halogenated alkanes) is 1. The van der Waals surface area contributed by atoms with E-state index < -0.39 is 0 Å². The lowest BCUT2D eigenvalue weighted by atomic mass is 10.1. The Morgan fingerprint density at radius 3 is 1.95 bits per heavy atom. The van der Waals surface area contributed by atoms with Crippen LogP contribution in [0.5, 0.6) is 0 Å². The molecule has 0 saturated heterocycles. The molecule has 118 valence electrons. The smallest absolute Gasteiger partial charge is 0.290 e. The van der Waals surface area contributed by atoms with Crippen LogP contribution in [0.3, 0.4) is 0 Å². The molecule has 19 heavy (non-hydrogen) atoms. The number of hydrazine groups is 1. The average molecular weight is 319 g/mol. The molecule has 0 aliphatic rings. The second-order valence-corrected chi connectivity index (χ2v) is 4.36. The van der Waals surface area contributed by atoms with Crippen LogP contribution in [0, 0.1) is 0 Å². The number of carboxylic acid groups (broad SMARTS) is 1. The molecule has 0 fully saturated rings. The monoisotopic (exact) mass is 318 g/mol. The van der Waals surface area contributed by atoms with Gasteiger partial charge in [0, 0.05) is 6.42 Å². The fraction of sp³-hybridized carbons (Fsp3) is 0.833. The lowest BCUT2D eigenvalue weighted by Gasteiger charge is -2.33. The molecule has 0 aliphatic heterocycles. The molecular formula is C12H28Cl2N2O3. The van der Waals surface area contributed by atoms with Gasteiger partial charge in [-0.25, -0.2) is 0 Å². The van der Waals surface area contributed by atoms with E-state index in [0.717, 1.165) is 12.8 Å². The molecule has 0 aromatic rings. The van der Waals surface area contributed by atoms with Crippen LogP contribution in [-0.4, -0.2) is 28.0 Å². The molecule has 0 unspecified atom stereocenters. The van der Waals surface area contributed by atoms with E-state index in [1.165, 1.54) is 5.01 Å². The third-order valence-electron chi connectivity index (χ3n) is 1.75. The van der Waals surface area contributed by atoms with Crippen molar-refractivity contribution in [3.63, 3.8) is 0 Å². The van der Waals surface area contributed by atoms with Gasteiger partial charge in [0.2, 0.25) is 5.91 Å². The largest absolute Gasteiger partial charge is 0.483 e. The van der Waals surface area contributed by atoms with Gasteiger partial charge in [0.05, 0.1) is 5.54 Å². The van der Waals surface area contributed by atoms with Crippen LogP contribution in [0.15, 0.2) is 0 Å². The predicted molar refractivity (Wildman–Crippen MR) is 82.4 cm³/mol. The zero-order valence-electron chi connectivity index (χ0n) is 12.7. The molecule has 0 aliphatic carbocycles. The molecular weight excluding hydrogens is 291 g/mol. The van der Waals surface area contributed by atoms with Crippen LogP contribution >= 0.6 is 24.2 Å². The lowest BCUT2D eigenvalue weighted by Crippen LogP contribution is -2.50. The van der Waals surface area contributed by atoms with Gasteiger partial charge >= 0.3 is 0 Å². The first kappa shape index (κ1) is 26.9. The summed E-state index contributed by atoms with van der Waals surface area (Å²) in [4.78, 5) is 22.3. The number of nitrogens with zero attached hydrogens (tertiary/aromatic N) is 1.